The summed E-state index contributed by atoms with van der Waals surface area (Å²) in [5.74, 6) is -1.33. The standard InChI is InChI=1S/C20H15Cl2N3O3/c1-11(26)24-18-6-4-3-5-15(18)20(19(24)28)10-17(23-25(20)12(2)27)14-8-7-13(21)9-16(14)22/h3-9H,10H2,1-2H3. The van der Waals surface area contributed by atoms with Gasteiger partial charge in [-0.15, -0.1) is 0 Å². The highest BCUT2D eigenvalue weighted by atomic mass is 35.5. The molecule has 0 radical (unpaired) electrons. The Bertz CT molecular complexity index is 1080. The quantitative estimate of drug-likeness (QED) is 0.711. The van der Waals surface area contributed by atoms with Gasteiger partial charge in [-0.05, 0) is 18.2 Å². The maximum absolute atomic E-state index is 13.4. The van der Waals surface area contributed by atoms with Crippen molar-refractivity contribution in [2.24, 2.45) is 5.10 Å². The second kappa shape index (κ2) is 6.43. The molecule has 0 saturated carbocycles. The Hall–Kier alpha value is -2.70. The van der Waals surface area contributed by atoms with Crippen LogP contribution in [-0.2, 0) is 19.9 Å². The fourth-order valence-corrected chi connectivity index (χ4v) is 4.40. The first-order valence-corrected chi connectivity index (χ1v) is 9.31. The van der Waals surface area contributed by atoms with Crippen LogP contribution in [0.3, 0.4) is 0 Å². The van der Waals surface area contributed by atoms with Crippen molar-refractivity contribution in [2.45, 2.75) is 25.8 Å². The van der Waals surface area contributed by atoms with Gasteiger partial charge in [0.25, 0.3) is 5.91 Å². The zero-order chi connectivity index (χ0) is 20.2. The zero-order valence-corrected chi connectivity index (χ0v) is 16.6. The van der Waals surface area contributed by atoms with Crippen LogP contribution in [-0.4, -0.2) is 28.4 Å². The summed E-state index contributed by atoms with van der Waals surface area (Å²) >= 11 is 12.3. The van der Waals surface area contributed by atoms with E-state index in [4.69, 9.17) is 23.2 Å². The van der Waals surface area contributed by atoms with Gasteiger partial charge in [0.2, 0.25) is 11.8 Å². The molecule has 0 N–H and O–H groups in total. The zero-order valence-electron chi connectivity index (χ0n) is 15.1. The van der Waals surface area contributed by atoms with Gasteiger partial charge < -0.3 is 0 Å². The molecule has 2 heterocycles. The predicted octanol–water partition coefficient (Wildman–Crippen LogP) is 3.74. The van der Waals surface area contributed by atoms with Crippen LogP contribution < -0.4 is 4.90 Å². The number of nitrogens with zero attached hydrogens (tertiary/aromatic N) is 3. The molecule has 1 atom stereocenters. The van der Waals surface area contributed by atoms with E-state index >= 15 is 0 Å². The third-order valence-electron chi connectivity index (χ3n) is 5.01. The average Bonchev–Trinajstić information content (AvgIpc) is 3.14. The summed E-state index contributed by atoms with van der Waals surface area (Å²) in [6.07, 6.45) is 0.105. The Morgan fingerprint density at radius 3 is 2.43 bits per heavy atom. The van der Waals surface area contributed by atoms with Crippen LogP contribution in [0, 0.1) is 0 Å². The first kappa shape index (κ1) is 18.7. The van der Waals surface area contributed by atoms with Gasteiger partial charge in [0.05, 0.1) is 16.4 Å². The SMILES string of the molecule is CC(=O)N1C(=O)C2(CC(c3ccc(Cl)cc3Cl)=NN2C(C)=O)c2ccccc21. The maximum atomic E-state index is 13.4. The van der Waals surface area contributed by atoms with Gasteiger partial charge in [-0.2, -0.15) is 5.10 Å². The Morgan fingerprint density at radius 1 is 1.07 bits per heavy atom. The van der Waals surface area contributed by atoms with Gasteiger partial charge in [-0.25, -0.2) is 9.91 Å². The normalized spacial score (nSPS) is 20.6. The second-order valence-electron chi connectivity index (χ2n) is 6.72. The third-order valence-corrected chi connectivity index (χ3v) is 5.56. The molecule has 0 fully saturated rings. The highest BCUT2D eigenvalue weighted by Crippen LogP contribution is 2.50. The van der Waals surface area contributed by atoms with E-state index < -0.39 is 23.3 Å². The minimum atomic E-state index is -1.41. The van der Waals surface area contributed by atoms with Gasteiger partial charge in [0, 0.05) is 36.4 Å². The molecule has 0 saturated heterocycles. The number of anilines is 1. The summed E-state index contributed by atoms with van der Waals surface area (Å²) < 4.78 is 0. The lowest BCUT2D eigenvalue weighted by molar-refractivity contribution is -0.144. The molecule has 0 aromatic heterocycles. The average molecular weight is 416 g/mol. The van der Waals surface area contributed by atoms with Gasteiger partial charge in [0.15, 0.2) is 5.54 Å². The van der Waals surface area contributed by atoms with Crippen molar-refractivity contribution in [3.05, 3.63) is 63.6 Å². The Labute approximate surface area is 171 Å². The van der Waals surface area contributed by atoms with E-state index in [2.05, 4.69) is 5.10 Å². The van der Waals surface area contributed by atoms with Crippen LogP contribution in [0.2, 0.25) is 10.0 Å². The Kier molecular flexibility index (Phi) is 4.28. The van der Waals surface area contributed by atoms with E-state index in [0.717, 1.165) is 9.91 Å². The molecule has 2 aromatic rings. The number of imide groups is 1. The van der Waals surface area contributed by atoms with Gasteiger partial charge in [-0.3, -0.25) is 14.4 Å². The highest BCUT2D eigenvalue weighted by Gasteiger charge is 2.60. The van der Waals surface area contributed by atoms with E-state index in [1.165, 1.54) is 13.8 Å². The van der Waals surface area contributed by atoms with Gasteiger partial charge in [-0.1, -0.05) is 47.5 Å². The number of halogens is 2. The predicted molar refractivity (Wildman–Crippen MR) is 106 cm³/mol. The van der Waals surface area contributed by atoms with Crippen LogP contribution in [0.25, 0.3) is 0 Å². The van der Waals surface area contributed by atoms with Crippen LogP contribution in [0.4, 0.5) is 5.69 Å². The number of rotatable bonds is 1. The molecule has 0 aliphatic carbocycles. The van der Waals surface area contributed by atoms with Gasteiger partial charge >= 0.3 is 0 Å². The summed E-state index contributed by atoms with van der Waals surface area (Å²) in [6, 6.07) is 11.9. The fraction of sp³-hybridized carbons (Fsp3) is 0.200. The molecule has 28 heavy (non-hydrogen) atoms. The van der Waals surface area contributed by atoms with E-state index in [1.54, 1.807) is 42.5 Å². The minimum Gasteiger partial charge on any atom is -0.274 e. The Morgan fingerprint density at radius 2 is 1.79 bits per heavy atom. The van der Waals surface area contributed by atoms with Crippen molar-refractivity contribution in [1.82, 2.24) is 5.01 Å². The molecule has 0 bridgehead atoms. The number of benzene rings is 2. The first-order chi connectivity index (χ1) is 13.3. The summed E-state index contributed by atoms with van der Waals surface area (Å²) in [5.41, 5.74) is 0.678. The molecule has 142 valence electrons. The number of carbonyl (C=O) groups is 3. The summed E-state index contributed by atoms with van der Waals surface area (Å²) in [5, 5.41) is 6.44. The molecular formula is C20H15Cl2N3O3. The number of carbonyl (C=O) groups excluding carboxylic acids is 3. The highest BCUT2D eigenvalue weighted by molar-refractivity contribution is 6.37. The van der Waals surface area contributed by atoms with E-state index in [1.807, 2.05) is 0 Å². The molecule has 2 aromatic carbocycles. The molecule has 8 heteroatoms. The lowest BCUT2D eigenvalue weighted by atomic mass is 9.85. The number of hydrogen-bond acceptors (Lipinski definition) is 4. The van der Waals surface area contributed by atoms with Crippen LogP contribution in [0.1, 0.15) is 31.4 Å². The van der Waals surface area contributed by atoms with E-state index in [-0.39, 0.29) is 6.42 Å². The number of hydrazone groups is 1. The van der Waals surface area contributed by atoms with Crippen LogP contribution in [0.5, 0.6) is 0 Å². The first-order valence-electron chi connectivity index (χ1n) is 8.55. The number of hydrogen-bond donors (Lipinski definition) is 0. The molecule has 4 rings (SSSR count). The summed E-state index contributed by atoms with van der Waals surface area (Å²) in [4.78, 5) is 39.2. The topological polar surface area (TPSA) is 70.1 Å². The number of para-hydroxylation sites is 1. The molecular weight excluding hydrogens is 401 g/mol. The minimum absolute atomic E-state index is 0.105. The lowest BCUT2D eigenvalue weighted by Gasteiger charge is -2.30. The van der Waals surface area contributed by atoms with Crippen molar-refractivity contribution in [3.63, 3.8) is 0 Å². The molecule has 2 aliphatic rings. The number of amides is 3. The van der Waals surface area contributed by atoms with Crippen molar-refractivity contribution in [1.29, 1.82) is 0 Å². The number of fused-ring (bicyclic) bond motifs is 2. The van der Waals surface area contributed by atoms with Crippen molar-refractivity contribution >= 4 is 52.3 Å². The lowest BCUT2D eigenvalue weighted by Crippen LogP contribution is -2.51. The maximum Gasteiger partial charge on any atom is 0.266 e. The molecule has 6 nitrogen and oxygen atoms in total. The largest absolute Gasteiger partial charge is 0.274 e. The van der Waals surface area contributed by atoms with E-state index in [9.17, 15) is 14.4 Å². The molecule has 3 amide bonds. The van der Waals surface area contributed by atoms with Crippen LogP contribution >= 0.6 is 23.2 Å². The fourth-order valence-electron chi connectivity index (χ4n) is 3.89. The second-order valence-corrected chi connectivity index (χ2v) is 7.56. The molecule has 2 aliphatic heterocycles. The van der Waals surface area contributed by atoms with Gasteiger partial charge in [0.1, 0.15) is 0 Å². The third kappa shape index (κ3) is 2.48. The Balaban J connectivity index is 1.91. The van der Waals surface area contributed by atoms with Crippen molar-refractivity contribution in [3.8, 4) is 0 Å². The van der Waals surface area contributed by atoms with Crippen molar-refractivity contribution < 1.29 is 14.4 Å². The smallest absolute Gasteiger partial charge is 0.266 e. The molecule has 1 unspecified atom stereocenters. The monoisotopic (exact) mass is 415 g/mol. The van der Waals surface area contributed by atoms with Crippen molar-refractivity contribution in [2.75, 3.05) is 4.90 Å². The van der Waals surface area contributed by atoms with E-state index in [0.29, 0.717) is 32.6 Å². The summed E-state index contributed by atoms with van der Waals surface area (Å²) in [6.45, 7) is 2.66. The van der Waals surface area contributed by atoms with Crippen LogP contribution in [0.15, 0.2) is 47.6 Å². The summed E-state index contributed by atoms with van der Waals surface area (Å²) in [7, 11) is 0. The molecule has 1 spiro atoms.